The summed E-state index contributed by atoms with van der Waals surface area (Å²) in [5.74, 6) is 0. The maximum atomic E-state index is 2.34. The van der Waals surface area contributed by atoms with Crippen molar-refractivity contribution in [1.29, 1.82) is 0 Å². The minimum atomic E-state index is -1.21. The van der Waals surface area contributed by atoms with Crippen molar-refractivity contribution in [3.8, 4) is 0 Å². The fourth-order valence-electron chi connectivity index (χ4n) is 4.37. The SMILES string of the molecule is CCCCCCC[P+](Cc1ccccc1)(Cc1ccccc1)Cc1ccccc1.[Cl-]. The van der Waals surface area contributed by atoms with Crippen LogP contribution in [0.5, 0.6) is 0 Å². The molecule has 0 aliphatic rings. The van der Waals surface area contributed by atoms with Crippen molar-refractivity contribution in [2.75, 3.05) is 6.16 Å². The number of unbranched alkanes of at least 4 members (excludes halogenated alkanes) is 4. The normalized spacial score (nSPS) is 11.1. The third-order valence-electron chi connectivity index (χ3n) is 5.82. The van der Waals surface area contributed by atoms with E-state index in [0.29, 0.717) is 0 Å². The van der Waals surface area contributed by atoms with Gasteiger partial charge in [-0.25, -0.2) is 0 Å². The summed E-state index contributed by atoms with van der Waals surface area (Å²) in [4.78, 5) is 0. The summed E-state index contributed by atoms with van der Waals surface area (Å²) in [6, 6.07) is 33.7. The van der Waals surface area contributed by atoms with Gasteiger partial charge in [-0.05, 0) is 29.5 Å². The Morgan fingerprint density at radius 1 is 0.500 bits per heavy atom. The summed E-state index contributed by atoms with van der Waals surface area (Å²) in [6.45, 7) is 2.30. The number of hydrogen-bond donors (Lipinski definition) is 0. The summed E-state index contributed by atoms with van der Waals surface area (Å²) in [5.41, 5.74) is 4.55. The first-order valence-corrected chi connectivity index (χ1v) is 13.8. The standard InChI is InChI=1S/C28H36P.ClH/c1-2-3-4-5-15-22-29(23-26-16-9-6-10-17-26,24-27-18-11-7-12-19-27)25-28-20-13-8-14-21-28;/h6-14,16-21H,2-5,15,22-25H2,1H3;1H/q+1;/p-1. The van der Waals surface area contributed by atoms with Crippen molar-refractivity contribution in [2.45, 2.75) is 57.5 Å². The molecule has 0 amide bonds. The number of halogens is 1. The molecule has 0 spiro atoms. The van der Waals surface area contributed by atoms with Crippen LogP contribution in [0.15, 0.2) is 91.0 Å². The van der Waals surface area contributed by atoms with Gasteiger partial charge in [-0.1, -0.05) is 117 Å². The zero-order valence-electron chi connectivity index (χ0n) is 18.3. The molecule has 0 atom stereocenters. The third-order valence-corrected chi connectivity index (χ3v) is 10.2. The molecule has 0 unspecified atom stereocenters. The second kappa shape index (κ2) is 13.6. The zero-order valence-corrected chi connectivity index (χ0v) is 20.0. The second-order valence-corrected chi connectivity index (χ2v) is 12.5. The van der Waals surface area contributed by atoms with Gasteiger partial charge in [-0.2, -0.15) is 0 Å². The van der Waals surface area contributed by atoms with Crippen molar-refractivity contribution in [3.05, 3.63) is 108 Å². The Labute approximate surface area is 190 Å². The predicted octanol–water partition coefficient (Wildman–Crippen LogP) is 5.58. The van der Waals surface area contributed by atoms with Gasteiger partial charge in [0.25, 0.3) is 0 Å². The lowest BCUT2D eigenvalue weighted by Gasteiger charge is -2.29. The maximum absolute atomic E-state index is 2.34. The molecule has 0 aliphatic heterocycles. The molecule has 0 aromatic heterocycles. The molecule has 0 fully saturated rings. The second-order valence-electron chi connectivity index (χ2n) is 8.41. The minimum Gasteiger partial charge on any atom is -1.00 e. The summed E-state index contributed by atoms with van der Waals surface area (Å²) in [6.07, 6.45) is 12.0. The van der Waals surface area contributed by atoms with Crippen LogP contribution in [0.1, 0.15) is 55.7 Å². The lowest BCUT2D eigenvalue weighted by atomic mass is 10.2. The van der Waals surface area contributed by atoms with E-state index < -0.39 is 7.26 Å². The number of benzene rings is 3. The highest BCUT2D eigenvalue weighted by Gasteiger charge is 2.37. The average Bonchev–Trinajstić information content (AvgIpc) is 2.76. The molecule has 0 radical (unpaired) electrons. The Morgan fingerprint density at radius 2 is 0.867 bits per heavy atom. The van der Waals surface area contributed by atoms with Crippen molar-refractivity contribution in [3.63, 3.8) is 0 Å². The third kappa shape index (κ3) is 8.25. The molecule has 160 valence electrons. The molecule has 0 nitrogen and oxygen atoms in total. The smallest absolute Gasteiger partial charge is 0.0849 e. The molecule has 0 aliphatic carbocycles. The van der Waals surface area contributed by atoms with Gasteiger partial charge >= 0.3 is 0 Å². The van der Waals surface area contributed by atoms with E-state index in [9.17, 15) is 0 Å². The van der Waals surface area contributed by atoms with Crippen LogP contribution in [0.25, 0.3) is 0 Å². The van der Waals surface area contributed by atoms with Crippen LogP contribution < -0.4 is 12.4 Å². The van der Waals surface area contributed by atoms with Crippen LogP contribution in [0.2, 0.25) is 0 Å². The van der Waals surface area contributed by atoms with E-state index in [4.69, 9.17) is 0 Å². The van der Waals surface area contributed by atoms with Gasteiger partial charge in [0.2, 0.25) is 0 Å². The Hall–Kier alpha value is -1.62. The number of hydrogen-bond acceptors (Lipinski definition) is 0. The molecule has 3 aromatic rings. The molecule has 0 saturated heterocycles. The average molecular weight is 439 g/mol. The lowest BCUT2D eigenvalue weighted by molar-refractivity contribution is -0.00000618. The van der Waals surface area contributed by atoms with Crippen LogP contribution in [0.4, 0.5) is 0 Å². The van der Waals surface area contributed by atoms with Crippen LogP contribution in [-0.2, 0) is 18.5 Å². The van der Waals surface area contributed by atoms with Crippen LogP contribution in [0, 0.1) is 0 Å². The van der Waals surface area contributed by atoms with Crippen LogP contribution in [0.3, 0.4) is 0 Å². The van der Waals surface area contributed by atoms with Crippen molar-refractivity contribution < 1.29 is 12.4 Å². The Bertz CT molecular complexity index is 700. The van der Waals surface area contributed by atoms with E-state index in [-0.39, 0.29) is 12.4 Å². The topological polar surface area (TPSA) is 0 Å². The van der Waals surface area contributed by atoms with E-state index in [0.717, 1.165) is 0 Å². The van der Waals surface area contributed by atoms with Gasteiger partial charge in [-0.15, -0.1) is 0 Å². The highest BCUT2D eigenvalue weighted by Crippen LogP contribution is 2.67. The van der Waals surface area contributed by atoms with Gasteiger partial charge in [0.05, 0.1) is 24.6 Å². The highest BCUT2D eigenvalue weighted by molar-refractivity contribution is 7.73. The fourth-order valence-corrected chi connectivity index (χ4v) is 9.03. The van der Waals surface area contributed by atoms with Gasteiger partial charge in [-0.3, -0.25) is 0 Å². The molecular formula is C28H36ClP. The Morgan fingerprint density at radius 3 is 1.23 bits per heavy atom. The van der Waals surface area contributed by atoms with Gasteiger partial charge in [0.15, 0.2) is 0 Å². The number of rotatable bonds is 12. The van der Waals surface area contributed by atoms with Crippen molar-refractivity contribution >= 4 is 7.26 Å². The molecule has 3 aromatic carbocycles. The summed E-state index contributed by atoms with van der Waals surface area (Å²) in [5, 5.41) is 0. The predicted molar refractivity (Wildman–Crippen MR) is 131 cm³/mol. The summed E-state index contributed by atoms with van der Waals surface area (Å²) in [7, 11) is -1.21. The summed E-state index contributed by atoms with van der Waals surface area (Å²) < 4.78 is 0. The van der Waals surface area contributed by atoms with E-state index in [2.05, 4.69) is 97.9 Å². The molecule has 0 heterocycles. The summed E-state index contributed by atoms with van der Waals surface area (Å²) >= 11 is 0. The molecule has 0 bridgehead atoms. The molecular weight excluding hydrogens is 403 g/mol. The molecule has 3 rings (SSSR count). The van der Waals surface area contributed by atoms with Crippen LogP contribution in [-0.4, -0.2) is 6.16 Å². The van der Waals surface area contributed by atoms with E-state index in [1.54, 1.807) is 0 Å². The van der Waals surface area contributed by atoms with Gasteiger partial charge in [0, 0.05) is 7.26 Å². The van der Waals surface area contributed by atoms with Gasteiger partial charge in [0.1, 0.15) is 0 Å². The molecule has 0 saturated carbocycles. The Balaban J connectivity index is 0.00000320. The molecule has 2 heteroatoms. The fraction of sp³-hybridized carbons (Fsp3) is 0.357. The maximum Gasteiger partial charge on any atom is 0.0849 e. The van der Waals surface area contributed by atoms with Crippen molar-refractivity contribution in [1.82, 2.24) is 0 Å². The first-order chi connectivity index (χ1) is 14.3. The zero-order chi connectivity index (χ0) is 20.2. The highest BCUT2D eigenvalue weighted by atomic mass is 35.5. The van der Waals surface area contributed by atoms with E-state index >= 15 is 0 Å². The first kappa shape index (κ1) is 24.6. The minimum absolute atomic E-state index is 0. The molecule has 0 N–H and O–H groups in total. The molecule has 30 heavy (non-hydrogen) atoms. The Kier molecular flexibility index (Phi) is 11.2. The quantitative estimate of drug-likeness (QED) is 0.256. The van der Waals surface area contributed by atoms with E-state index in [1.165, 1.54) is 73.4 Å². The van der Waals surface area contributed by atoms with Crippen molar-refractivity contribution in [2.24, 2.45) is 0 Å². The largest absolute Gasteiger partial charge is 1.00 e. The monoisotopic (exact) mass is 438 g/mol. The van der Waals surface area contributed by atoms with Gasteiger partial charge < -0.3 is 12.4 Å². The van der Waals surface area contributed by atoms with E-state index in [1.807, 2.05) is 0 Å². The first-order valence-electron chi connectivity index (χ1n) is 11.3. The lowest BCUT2D eigenvalue weighted by Crippen LogP contribution is -3.00. The van der Waals surface area contributed by atoms with Crippen LogP contribution >= 0.6 is 7.26 Å².